The summed E-state index contributed by atoms with van der Waals surface area (Å²) in [5.74, 6) is -1.13. The van der Waals surface area contributed by atoms with Gasteiger partial charge >= 0.3 is 12.1 Å². The van der Waals surface area contributed by atoms with E-state index in [-0.39, 0.29) is 24.4 Å². The summed E-state index contributed by atoms with van der Waals surface area (Å²) in [6, 6.07) is 6.28. The first kappa shape index (κ1) is 25.3. The van der Waals surface area contributed by atoms with Gasteiger partial charge in [-0.1, -0.05) is 37.3 Å². The Hall–Kier alpha value is -3.34. The van der Waals surface area contributed by atoms with Crippen LogP contribution in [0.15, 0.2) is 36.5 Å². The fraction of sp³-hybridized carbons (Fsp3) is 0.423. The number of hydrogen-bond acceptors (Lipinski definition) is 6. The Morgan fingerprint density at radius 2 is 1.97 bits per heavy atom. The van der Waals surface area contributed by atoms with Crippen LogP contribution in [0, 0.1) is 0 Å². The number of halogens is 3. The number of fused-ring (bicyclic) bond motifs is 2. The SMILES string of the molecule is CCCOC(=O)c1c(NC(=O)c2cnn3c2N[C@@H](c2ccccc2)C[C@@H]3C(F)(F)F)sc2c1CCCC2. The normalized spacial score (nSPS) is 18.9. The van der Waals surface area contributed by atoms with Gasteiger partial charge in [-0.2, -0.15) is 18.3 Å². The number of thiophene rings is 1. The highest BCUT2D eigenvalue weighted by molar-refractivity contribution is 7.17. The van der Waals surface area contributed by atoms with Crippen molar-refractivity contribution in [2.75, 3.05) is 17.2 Å². The van der Waals surface area contributed by atoms with Crippen LogP contribution in [0.2, 0.25) is 0 Å². The quantitative estimate of drug-likeness (QED) is 0.364. The predicted octanol–water partition coefficient (Wildman–Crippen LogP) is 6.30. The lowest BCUT2D eigenvalue weighted by Gasteiger charge is -2.34. The number of benzene rings is 1. The Bertz CT molecular complexity index is 1300. The molecule has 2 aromatic heterocycles. The van der Waals surface area contributed by atoms with Crippen LogP contribution < -0.4 is 10.6 Å². The second-order valence-corrected chi connectivity index (χ2v) is 10.4. The van der Waals surface area contributed by atoms with Crippen LogP contribution in [0.5, 0.6) is 0 Å². The number of nitrogens with zero attached hydrogens (tertiary/aromatic N) is 2. The van der Waals surface area contributed by atoms with E-state index in [1.165, 1.54) is 11.3 Å². The number of aryl methyl sites for hydroxylation is 1. The van der Waals surface area contributed by atoms with Crippen LogP contribution in [-0.2, 0) is 17.6 Å². The first-order valence-electron chi connectivity index (χ1n) is 12.4. The molecule has 7 nitrogen and oxygen atoms in total. The Balaban J connectivity index is 1.48. The van der Waals surface area contributed by atoms with E-state index in [2.05, 4.69) is 15.7 Å². The molecule has 1 aliphatic carbocycles. The fourth-order valence-corrected chi connectivity index (χ4v) is 6.21. The summed E-state index contributed by atoms with van der Waals surface area (Å²) < 4.78 is 48.2. The molecule has 3 aromatic rings. The molecule has 0 bridgehead atoms. The van der Waals surface area contributed by atoms with Gasteiger partial charge in [0.1, 0.15) is 16.4 Å². The van der Waals surface area contributed by atoms with Crippen LogP contribution in [0.3, 0.4) is 0 Å². The smallest absolute Gasteiger partial charge is 0.410 e. The monoisotopic (exact) mass is 532 g/mol. The molecule has 0 saturated heterocycles. The molecule has 11 heteroatoms. The zero-order chi connectivity index (χ0) is 26.2. The summed E-state index contributed by atoms with van der Waals surface area (Å²) in [5.41, 5.74) is 1.91. The molecule has 0 unspecified atom stereocenters. The summed E-state index contributed by atoms with van der Waals surface area (Å²) in [7, 11) is 0. The molecule has 5 rings (SSSR count). The third kappa shape index (κ3) is 4.96. The summed E-state index contributed by atoms with van der Waals surface area (Å²) in [4.78, 5) is 27.3. The molecule has 3 heterocycles. The number of esters is 1. The number of aromatic nitrogens is 2. The molecular formula is C26H27F3N4O3S. The van der Waals surface area contributed by atoms with Crippen molar-refractivity contribution in [2.24, 2.45) is 0 Å². The molecule has 0 radical (unpaired) electrons. The predicted molar refractivity (Wildman–Crippen MR) is 134 cm³/mol. The summed E-state index contributed by atoms with van der Waals surface area (Å²) in [6.45, 7) is 2.16. The Morgan fingerprint density at radius 1 is 1.22 bits per heavy atom. The van der Waals surface area contributed by atoms with E-state index < -0.39 is 30.1 Å². The van der Waals surface area contributed by atoms with Gasteiger partial charge in [-0.25, -0.2) is 9.48 Å². The van der Waals surface area contributed by atoms with Crippen LogP contribution in [0.4, 0.5) is 24.0 Å². The van der Waals surface area contributed by atoms with E-state index in [1.54, 1.807) is 30.3 Å². The van der Waals surface area contributed by atoms with Crippen molar-refractivity contribution < 1.29 is 27.5 Å². The van der Waals surface area contributed by atoms with Gasteiger partial charge in [-0.15, -0.1) is 11.3 Å². The highest BCUT2D eigenvalue weighted by Crippen LogP contribution is 2.45. The van der Waals surface area contributed by atoms with Gasteiger partial charge in [0.15, 0.2) is 6.04 Å². The van der Waals surface area contributed by atoms with Crippen molar-refractivity contribution in [3.8, 4) is 0 Å². The highest BCUT2D eigenvalue weighted by atomic mass is 32.1. The molecule has 2 N–H and O–H groups in total. The third-order valence-corrected chi connectivity index (χ3v) is 7.93. The van der Waals surface area contributed by atoms with Crippen molar-refractivity contribution >= 4 is 34.0 Å². The molecular weight excluding hydrogens is 505 g/mol. The van der Waals surface area contributed by atoms with Crippen molar-refractivity contribution in [3.05, 3.63) is 63.7 Å². The number of amides is 1. The topological polar surface area (TPSA) is 85.2 Å². The maximum atomic E-state index is 14.0. The lowest BCUT2D eigenvalue weighted by molar-refractivity contribution is -0.173. The number of carbonyl (C=O) groups is 2. The first-order chi connectivity index (χ1) is 17.8. The third-order valence-electron chi connectivity index (χ3n) is 6.72. The van der Waals surface area contributed by atoms with Gasteiger partial charge in [0, 0.05) is 11.3 Å². The van der Waals surface area contributed by atoms with Gasteiger partial charge in [0.2, 0.25) is 0 Å². The second-order valence-electron chi connectivity index (χ2n) is 9.26. The van der Waals surface area contributed by atoms with Gasteiger partial charge in [0.05, 0.1) is 24.4 Å². The van der Waals surface area contributed by atoms with Crippen LogP contribution in [0.25, 0.3) is 0 Å². The maximum Gasteiger partial charge on any atom is 0.410 e. The molecule has 37 heavy (non-hydrogen) atoms. The largest absolute Gasteiger partial charge is 0.462 e. The van der Waals surface area contributed by atoms with Crippen LogP contribution in [-0.4, -0.2) is 34.4 Å². The van der Waals surface area contributed by atoms with E-state index >= 15 is 0 Å². The van der Waals surface area contributed by atoms with Gasteiger partial charge in [0.25, 0.3) is 5.91 Å². The summed E-state index contributed by atoms with van der Waals surface area (Å²) in [6.07, 6.45) is 0.455. The lowest BCUT2D eigenvalue weighted by atomic mass is 9.95. The van der Waals surface area contributed by atoms with Crippen molar-refractivity contribution in [2.45, 2.75) is 63.7 Å². The van der Waals surface area contributed by atoms with E-state index in [0.29, 0.717) is 22.5 Å². The number of hydrogen-bond donors (Lipinski definition) is 2. The highest BCUT2D eigenvalue weighted by Gasteiger charge is 2.47. The average molecular weight is 533 g/mol. The number of alkyl halides is 3. The molecule has 2 atom stereocenters. The fourth-order valence-electron chi connectivity index (χ4n) is 4.94. The van der Waals surface area contributed by atoms with E-state index in [0.717, 1.165) is 47.0 Å². The summed E-state index contributed by atoms with van der Waals surface area (Å²) >= 11 is 1.33. The number of rotatable bonds is 6. The van der Waals surface area contributed by atoms with E-state index in [9.17, 15) is 22.8 Å². The molecule has 1 aliphatic heterocycles. The number of nitrogens with one attached hydrogen (secondary N) is 2. The summed E-state index contributed by atoms with van der Waals surface area (Å²) in [5, 5.41) is 10.2. The molecule has 0 fully saturated rings. The number of anilines is 2. The molecule has 0 spiro atoms. The molecule has 1 aromatic carbocycles. The average Bonchev–Trinajstić information content (AvgIpc) is 3.47. The van der Waals surface area contributed by atoms with Crippen molar-refractivity contribution in [3.63, 3.8) is 0 Å². The minimum atomic E-state index is -4.55. The van der Waals surface area contributed by atoms with Gasteiger partial charge in [-0.05, 0) is 43.2 Å². The Kier molecular flexibility index (Phi) is 6.98. The second kappa shape index (κ2) is 10.2. The molecule has 1 amide bonds. The number of carbonyl (C=O) groups excluding carboxylic acids is 2. The van der Waals surface area contributed by atoms with E-state index in [4.69, 9.17) is 4.74 Å². The Labute approximate surface area is 216 Å². The standard InChI is InChI=1S/C26H27F3N4O3S/c1-2-12-36-25(35)21-16-10-6-7-11-19(16)37-24(21)32-23(34)17-14-30-33-20(26(27,28)29)13-18(31-22(17)33)15-8-4-3-5-9-15/h3-5,8-9,14,18,20,31H,2,6-7,10-13H2,1H3,(H,32,34)/t18-,20-/m1/s1. The van der Waals surface area contributed by atoms with Crippen LogP contribution >= 0.6 is 11.3 Å². The molecule has 196 valence electrons. The Morgan fingerprint density at radius 3 is 2.70 bits per heavy atom. The molecule has 0 saturated carbocycles. The molecule has 2 aliphatic rings. The maximum absolute atomic E-state index is 14.0. The van der Waals surface area contributed by atoms with E-state index in [1.807, 2.05) is 6.92 Å². The zero-order valence-electron chi connectivity index (χ0n) is 20.2. The van der Waals surface area contributed by atoms with Crippen molar-refractivity contribution in [1.82, 2.24) is 9.78 Å². The zero-order valence-corrected chi connectivity index (χ0v) is 21.0. The van der Waals surface area contributed by atoms with Gasteiger partial charge < -0.3 is 15.4 Å². The minimum absolute atomic E-state index is 0.00337. The minimum Gasteiger partial charge on any atom is -0.462 e. The lowest BCUT2D eigenvalue weighted by Crippen LogP contribution is -2.36. The van der Waals surface area contributed by atoms with Crippen molar-refractivity contribution in [1.29, 1.82) is 0 Å². The first-order valence-corrected chi connectivity index (χ1v) is 13.2. The van der Waals surface area contributed by atoms with Crippen LogP contribution in [0.1, 0.15) is 81.4 Å². The van der Waals surface area contributed by atoms with Gasteiger partial charge in [-0.3, -0.25) is 4.79 Å². The number of ether oxygens (including phenoxy) is 1.